The van der Waals surface area contributed by atoms with E-state index in [9.17, 15) is 8.42 Å². The summed E-state index contributed by atoms with van der Waals surface area (Å²) in [7, 11) is -2.78. The number of hydrogen-bond donors (Lipinski definition) is 0. The number of nitrogens with zero attached hydrogens (tertiary/aromatic N) is 2. The molecule has 0 bridgehead atoms. The Balaban J connectivity index is 2.18. The fourth-order valence-corrected chi connectivity index (χ4v) is 3.63. The Bertz CT molecular complexity index is 452. The van der Waals surface area contributed by atoms with Gasteiger partial charge in [-0.3, -0.25) is 4.68 Å². The van der Waals surface area contributed by atoms with Crippen LogP contribution in [0.25, 0.3) is 0 Å². The molecule has 0 unspecified atom stereocenters. The van der Waals surface area contributed by atoms with Crippen molar-refractivity contribution in [3.05, 3.63) is 16.4 Å². The van der Waals surface area contributed by atoms with Gasteiger partial charge in [0.15, 0.2) is 0 Å². The molecule has 4 nitrogen and oxygen atoms in total. The quantitative estimate of drug-likeness (QED) is 0.792. The Morgan fingerprint density at radius 2 is 2.07 bits per heavy atom. The Kier molecular flexibility index (Phi) is 2.89. The number of aromatic nitrogens is 2. The predicted molar refractivity (Wildman–Crippen MR) is 61.6 cm³/mol. The van der Waals surface area contributed by atoms with E-state index < -0.39 is 9.84 Å². The predicted octanol–water partition coefficient (Wildman–Crippen LogP) is 1.70. The molecule has 1 aromatic heterocycles. The molecule has 0 saturated carbocycles. The van der Waals surface area contributed by atoms with Crippen molar-refractivity contribution in [2.75, 3.05) is 11.5 Å². The van der Waals surface area contributed by atoms with E-state index in [0.29, 0.717) is 12.8 Å². The van der Waals surface area contributed by atoms with Crippen LogP contribution in [-0.4, -0.2) is 29.7 Å². The highest BCUT2D eigenvalue weighted by Crippen LogP contribution is 2.27. The van der Waals surface area contributed by atoms with Crippen LogP contribution < -0.4 is 0 Å². The highest BCUT2D eigenvalue weighted by Gasteiger charge is 2.26. The van der Waals surface area contributed by atoms with Gasteiger partial charge in [0.1, 0.15) is 9.84 Å². The molecule has 1 saturated heterocycles. The van der Waals surface area contributed by atoms with E-state index >= 15 is 0 Å². The SMILES string of the molecule is Cc1c(Br)cnn1C1CCS(=O)(=O)CC1. The van der Waals surface area contributed by atoms with Crippen LogP contribution in [0.3, 0.4) is 0 Å². The number of halogens is 1. The van der Waals surface area contributed by atoms with Crippen molar-refractivity contribution in [1.29, 1.82) is 0 Å². The van der Waals surface area contributed by atoms with E-state index in [1.54, 1.807) is 6.20 Å². The molecule has 1 fully saturated rings. The van der Waals surface area contributed by atoms with Crippen LogP contribution in [-0.2, 0) is 9.84 Å². The van der Waals surface area contributed by atoms with Gasteiger partial charge in [0.05, 0.1) is 28.2 Å². The van der Waals surface area contributed by atoms with E-state index in [1.165, 1.54) is 0 Å². The number of rotatable bonds is 1. The molecule has 0 radical (unpaired) electrons. The number of hydrogen-bond acceptors (Lipinski definition) is 3. The fourth-order valence-electron chi connectivity index (χ4n) is 1.89. The first-order chi connectivity index (χ1) is 6.99. The van der Waals surface area contributed by atoms with Gasteiger partial charge in [-0.15, -0.1) is 0 Å². The van der Waals surface area contributed by atoms with Crippen molar-refractivity contribution in [2.45, 2.75) is 25.8 Å². The van der Waals surface area contributed by atoms with Crippen LogP contribution in [0, 0.1) is 6.92 Å². The minimum atomic E-state index is -2.78. The zero-order valence-electron chi connectivity index (χ0n) is 8.48. The third-order valence-electron chi connectivity index (χ3n) is 2.85. The van der Waals surface area contributed by atoms with Gasteiger partial charge in [-0.1, -0.05) is 0 Å². The maximum atomic E-state index is 11.3. The molecule has 1 aliphatic heterocycles. The van der Waals surface area contributed by atoms with E-state index in [0.717, 1.165) is 10.2 Å². The van der Waals surface area contributed by atoms with Crippen molar-refractivity contribution in [2.24, 2.45) is 0 Å². The summed E-state index contributed by atoms with van der Waals surface area (Å²) >= 11 is 3.40. The minimum absolute atomic E-state index is 0.236. The highest BCUT2D eigenvalue weighted by molar-refractivity contribution is 9.10. The van der Waals surface area contributed by atoms with Gasteiger partial charge in [0.25, 0.3) is 0 Å². The second-order valence-corrected chi connectivity index (χ2v) is 7.06. The van der Waals surface area contributed by atoms with E-state index in [2.05, 4.69) is 21.0 Å². The largest absolute Gasteiger partial charge is 0.266 e. The van der Waals surface area contributed by atoms with Crippen LogP contribution in [0.15, 0.2) is 10.7 Å². The van der Waals surface area contributed by atoms with Crippen molar-refractivity contribution >= 4 is 25.8 Å². The monoisotopic (exact) mass is 292 g/mol. The maximum absolute atomic E-state index is 11.3. The second-order valence-electron chi connectivity index (χ2n) is 3.91. The van der Waals surface area contributed by atoms with Crippen molar-refractivity contribution in [3.8, 4) is 0 Å². The average molecular weight is 293 g/mol. The van der Waals surface area contributed by atoms with Gasteiger partial charge >= 0.3 is 0 Å². The van der Waals surface area contributed by atoms with Gasteiger partial charge in [-0.05, 0) is 35.7 Å². The zero-order chi connectivity index (χ0) is 11.1. The topological polar surface area (TPSA) is 52.0 Å². The molecule has 0 aliphatic carbocycles. The van der Waals surface area contributed by atoms with Crippen LogP contribution in [0.4, 0.5) is 0 Å². The Labute approximate surface area is 97.7 Å². The van der Waals surface area contributed by atoms with Crippen LogP contribution >= 0.6 is 15.9 Å². The summed E-state index contributed by atoms with van der Waals surface area (Å²) < 4.78 is 25.5. The summed E-state index contributed by atoms with van der Waals surface area (Å²) in [6, 6.07) is 0.236. The summed E-state index contributed by atoms with van der Waals surface area (Å²) in [5, 5.41) is 4.26. The molecule has 2 rings (SSSR count). The highest BCUT2D eigenvalue weighted by atomic mass is 79.9. The van der Waals surface area contributed by atoms with Crippen LogP contribution in [0.2, 0.25) is 0 Å². The molecule has 84 valence electrons. The molecule has 6 heteroatoms. The smallest absolute Gasteiger partial charge is 0.150 e. The number of sulfone groups is 1. The molecule has 0 aromatic carbocycles. The van der Waals surface area contributed by atoms with E-state index in [-0.39, 0.29) is 17.5 Å². The summed E-state index contributed by atoms with van der Waals surface area (Å²) in [5.74, 6) is 0.573. The Morgan fingerprint density at radius 3 is 2.53 bits per heavy atom. The molecule has 0 atom stereocenters. The molecule has 0 N–H and O–H groups in total. The summed E-state index contributed by atoms with van der Waals surface area (Å²) in [5.41, 5.74) is 1.07. The third-order valence-corrected chi connectivity index (χ3v) is 5.35. The Hall–Kier alpha value is -0.360. The maximum Gasteiger partial charge on any atom is 0.150 e. The molecule has 0 spiro atoms. The lowest BCUT2D eigenvalue weighted by molar-refractivity contribution is 0.406. The first-order valence-corrected chi connectivity index (χ1v) is 7.51. The summed E-state index contributed by atoms with van der Waals surface area (Å²) in [6.07, 6.45) is 3.12. The van der Waals surface area contributed by atoms with Crippen molar-refractivity contribution in [3.63, 3.8) is 0 Å². The molecule has 15 heavy (non-hydrogen) atoms. The molecule has 0 amide bonds. The lowest BCUT2D eigenvalue weighted by atomic mass is 10.1. The van der Waals surface area contributed by atoms with Gasteiger partial charge in [0, 0.05) is 5.69 Å². The zero-order valence-corrected chi connectivity index (χ0v) is 10.9. The van der Waals surface area contributed by atoms with E-state index in [4.69, 9.17) is 0 Å². The summed E-state index contributed by atoms with van der Waals surface area (Å²) in [4.78, 5) is 0. The summed E-state index contributed by atoms with van der Waals surface area (Å²) in [6.45, 7) is 1.99. The standard InChI is InChI=1S/C9H13BrN2O2S/c1-7-9(10)6-11-12(7)8-2-4-15(13,14)5-3-8/h6,8H,2-5H2,1H3. The average Bonchev–Trinajstić information content (AvgIpc) is 2.49. The van der Waals surface area contributed by atoms with Crippen LogP contribution in [0.5, 0.6) is 0 Å². The normalized spacial score (nSPS) is 21.7. The first-order valence-electron chi connectivity index (χ1n) is 4.89. The van der Waals surface area contributed by atoms with E-state index in [1.807, 2.05) is 11.6 Å². The fraction of sp³-hybridized carbons (Fsp3) is 0.667. The Morgan fingerprint density at radius 1 is 1.47 bits per heavy atom. The minimum Gasteiger partial charge on any atom is -0.266 e. The van der Waals surface area contributed by atoms with Gasteiger partial charge < -0.3 is 0 Å². The van der Waals surface area contributed by atoms with Crippen molar-refractivity contribution < 1.29 is 8.42 Å². The van der Waals surface area contributed by atoms with Crippen LogP contribution in [0.1, 0.15) is 24.6 Å². The van der Waals surface area contributed by atoms with Gasteiger partial charge in [0.2, 0.25) is 0 Å². The third kappa shape index (κ3) is 2.25. The van der Waals surface area contributed by atoms with Gasteiger partial charge in [-0.25, -0.2) is 8.42 Å². The van der Waals surface area contributed by atoms with Crippen molar-refractivity contribution in [1.82, 2.24) is 9.78 Å². The van der Waals surface area contributed by atoms with Gasteiger partial charge in [-0.2, -0.15) is 5.10 Å². The second kappa shape index (κ2) is 3.90. The molecule has 1 aliphatic rings. The lowest BCUT2D eigenvalue weighted by Crippen LogP contribution is -2.26. The molecule has 2 heterocycles. The molecule has 1 aromatic rings. The molecular weight excluding hydrogens is 280 g/mol. The molecular formula is C9H13BrN2O2S. The lowest BCUT2D eigenvalue weighted by Gasteiger charge is -2.23. The first kappa shape index (κ1) is 11.1.